The van der Waals surface area contributed by atoms with Gasteiger partial charge in [-0.25, -0.2) is 13.5 Å². The summed E-state index contributed by atoms with van der Waals surface area (Å²) in [5.74, 6) is -0.416. The largest absolute Gasteiger partial charge is 0.360 e. The molecule has 2 heterocycles. The second-order valence-corrected chi connectivity index (χ2v) is 8.14. The normalized spacial score (nSPS) is 11.8. The molecule has 1 unspecified atom stereocenters. The van der Waals surface area contributed by atoms with Gasteiger partial charge in [-0.2, -0.15) is 0 Å². The van der Waals surface area contributed by atoms with E-state index in [0.29, 0.717) is 16.5 Å². The van der Waals surface area contributed by atoms with Crippen LogP contribution in [0.4, 0.5) is 16.5 Å². The van der Waals surface area contributed by atoms with Crippen LogP contribution >= 0.6 is 11.3 Å². The van der Waals surface area contributed by atoms with Crippen LogP contribution in [0.2, 0.25) is 0 Å². The van der Waals surface area contributed by atoms with E-state index in [1.165, 1.54) is 15.6 Å². The Balaban J connectivity index is 1.64. The second-order valence-electron chi connectivity index (χ2n) is 6.45. The molecule has 0 bridgehead atoms. The lowest BCUT2D eigenvalue weighted by atomic mass is 10.1. The molecule has 9 heteroatoms. The van der Waals surface area contributed by atoms with E-state index >= 15 is 0 Å². The molecule has 7 nitrogen and oxygen atoms in total. The van der Waals surface area contributed by atoms with Crippen molar-refractivity contribution in [1.29, 1.82) is 0 Å². The molecule has 30 heavy (non-hydrogen) atoms. The topological polar surface area (TPSA) is 98.3 Å². The summed E-state index contributed by atoms with van der Waals surface area (Å²) in [4.78, 5) is 20.5. The summed E-state index contributed by atoms with van der Waals surface area (Å²) in [6, 6.07) is 17.6. The van der Waals surface area contributed by atoms with Crippen molar-refractivity contribution in [2.75, 3.05) is 9.62 Å². The third-order valence-corrected chi connectivity index (χ3v) is 5.87. The monoisotopic (exact) mass is 438 g/mol. The molecule has 0 aliphatic heterocycles. The SMILES string of the molecule is Cc1ccc(N(c2ccccc2C(=O)Nc2nc(-c3ccc[nH]3)cs2)S(=O)O)cc1. The number of amides is 1. The Kier molecular flexibility index (Phi) is 5.75. The maximum atomic E-state index is 13.0. The molecule has 0 saturated heterocycles. The van der Waals surface area contributed by atoms with Gasteiger partial charge in [0.15, 0.2) is 5.13 Å². The van der Waals surface area contributed by atoms with Gasteiger partial charge in [0.2, 0.25) is 0 Å². The summed E-state index contributed by atoms with van der Waals surface area (Å²) in [6.45, 7) is 1.93. The van der Waals surface area contributed by atoms with E-state index in [1.54, 1.807) is 42.6 Å². The van der Waals surface area contributed by atoms with Gasteiger partial charge in [0, 0.05) is 11.6 Å². The maximum absolute atomic E-state index is 13.0. The van der Waals surface area contributed by atoms with Crippen molar-refractivity contribution in [3.63, 3.8) is 0 Å². The maximum Gasteiger partial charge on any atom is 0.266 e. The Hall–Kier alpha value is -3.27. The van der Waals surface area contributed by atoms with Gasteiger partial charge in [0.25, 0.3) is 17.2 Å². The smallest absolute Gasteiger partial charge is 0.266 e. The average molecular weight is 439 g/mol. The number of aryl methyl sites for hydroxylation is 1. The van der Waals surface area contributed by atoms with Gasteiger partial charge in [-0.1, -0.05) is 29.8 Å². The number of para-hydroxylation sites is 1. The van der Waals surface area contributed by atoms with Gasteiger partial charge >= 0.3 is 0 Å². The van der Waals surface area contributed by atoms with Crippen molar-refractivity contribution in [3.05, 3.63) is 83.4 Å². The lowest BCUT2D eigenvalue weighted by Crippen LogP contribution is -2.23. The number of H-pyrrole nitrogens is 1. The van der Waals surface area contributed by atoms with Crippen molar-refractivity contribution in [3.8, 4) is 11.4 Å². The number of hydrogen-bond acceptors (Lipinski definition) is 4. The Morgan fingerprint density at radius 3 is 2.60 bits per heavy atom. The van der Waals surface area contributed by atoms with Crippen LogP contribution in [-0.2, 0) is 11.3 Å². The van der Waals surface area contributed by atoms with E-state index in [2.05, 4.69) is 15.3 Å². The Morgan fingerprint density at radius 1 is 1.13 bits per heavy atom. The van der Waals surface area contributed by atoms with Gasteiger partial charge < -0.3 is 4.98 Å². The van der Waals surface area contributed by atoms with Gasteiger partial charge in [-0.3, -0.25) is 14.7 Å². The zero-order valence-corrected chi connectivity index (χ0v) is 17.5. The molecule has 0 radical (unpaired) electrons. The molecule has 2 aromatic carbocycles. The van der Waals surface area contributed by atoms with Crippen LogP contribution in [0.15, 0.2) is 72.2 Å². The van der Waals surface area contributed by atoms with Gasteiger partial charge in [-0.15, -0.1) is 11.3 Å². The summed E-state index contributed by atoms with van der Waals surface area (Å²) in [5, 5.41) is 5.06. The third-order valence-electron chi connectivity index (χ3n) is 4.39. The predicted octanol–water partition coefficient (Wildman–Crippen LogP) is 4.97. The first-order valence-corrected chi connectivity index (χ1v) is 10.9. The Bertz CT molecular complexity index is 1190. The summed E-state index contributed by atoms with van der Waals surface area (Å²) < 4.78 is 23.3. The molecular weight excluding hydrogens is 420 g/mol. The van der Waals surface area contributed by atoms with Crippen molar-refractivity contribution in [2.24, 2.45) is 0 Å². The molecule has 0 aliphatic carbocycles. The molecular formula is C21H18N4O3S2. The summed E-state index contributed by atoms with van der Waals surface area (Å²) >= 11 is -1.06. The molecule has 152 valence electrons. The molecule has 0 spiro atoms. The fraction of sp³-hybridized carbons (Fsp3) is 0.0476. The molecule has 1 atom stereocenters. The summed E-state index contributed by atoms with van der Waals surface area (Å²) in [5.41, 5.74) is 3.69. The number of rotatable bonds is 6. The van der Waals surface area contributed by atoms with E-state index < -0.39 is 17.2 Å². The standard InChI is InChI=1S/C21H18N4O3S2/c1-14-8-10-15(11-9-14)25(30(27)28)19-7-3-2-5-16(19)20(26)24-21-23-18(13-29-21)17-6-4-12-22-17/h2-13,22H,1H3,(H,27,28)(H,23,24,26). The highest BCUT2D eigenvalue weighted by atomic mass is 32.2. The van der Waals surface area contributed by atoms with Crippen LogP contribution in [0.1, 0.15) is 15.9 Å². The van der Waals surface area contributed by atoms with E-state index in [1.807, 2.05) is 36.6 Å². The van der Waals surface area contributed by atoms with Gasteiger partial charge in [0.1, 0.15) is 0 Å². The fourth-order valence-corrected chi connectivity index (χ4v) is 4.28. The van der Waals surface area contributed by atoms with Crippen LogP contribution in [0.25, 0.3) is 11.4 Å². The number of nitrogens with one attached hydrogen (secondary N) is 2. The van der Waals surface area contributed by atoms with Crippen molar-refractivity contribution >= 4 is 45.0 Å². The van der Waals surface area contributed by atoms with E-state index in [4.69, 9.17) is 0 Å². The number of thiazole rings is 1. The number of aromatic amines is 1. The quantitative estimate of drug-likeness (QED) is 0.370. The highest BCUT2D eigenvalue weighted by molar-refractivity contribution is 7.81. The lowest BCUT2D eigenvalue weighted by Gasteiger charge is -2.22. The summed E-state index contributed by atoms with van der Waals surface area (Å²) in [6.07, 6.45) is 1.80. The van der Waals surface area contributed by atoms with Gasteiger partial charge in [0.05, 0.1) is 28.3 Å². The molecule has 0 fully saturated rings. The average Bonchev–Trinajstić information content (AvgIpc) is 3.41. The minimum atomic E-state index is -2.37. The number of hydrogen-bond donors (Lipinski definition) is 3. The predicted molar refractivity (Wildman–Crippen MR) is 120 cm³/mol. The summed E-state index contributed by atoms with van der Waals surface area (Å²) in [7, 11) is 0. The number of carbonyl (C=O) groups excluding carboxylic acids is 1. The highest BCUT2D eigenvalue weighted by Gasteiger charge is 2.22. The van der Waals surface area contributed by atoms with E-state index in [-0.39, 0.29) is 5.56 Å². The Labute approximate surface area is 179 Å². The number of aromatic nitrogens is 2. The Morgan fingerprint density at radius 2 is 1.90 bits per heavy atom. The van der Waals surface area contributed by atoms with Crippen LogP contribution in [0.3, 0.4) is 0 Å². The minimum Gasteiger partial charge on any atom is -0.360 e. The lowest BCUT2D eigenvalue weighted by molar-refractivity contribution is 0.102. The molecule has 0 aliphatic rings. The third kappa shape index (κ3) is 4.18. The van der Waals surface area contributed by atoms with Crippen LogP contribution < -0.4 is 9.62 Å². The zero-order chi connectivity index (χ0) is 21.1. The molecule has 0 saturated carbocycles. The van der Waals surface area contributed by atoms with E-state index in [9.17, 15) is 13.6 Å². The second kappa shape index (κ2) is 8.62. The fourth-order valence-electron chi connectivity index (χ4n) is 2.95. The number of carbonyl (C=O) groups is 1. The minimum absolute atomic E-state index is 0.261. The first kappa shape index (κ1) is 20.0. The van der Waals surface area contributed by atoms with E-state index in [0.717, 1.165) is 17.0 Å². The molecule has 4 rings (SSSR count). The molecule has 3 N–H and O–H groups in total. The number of anilines is 3. The zero-order valence-electron chi connectivity index (χ0n) is 15.9. The highest BCUT2D eigenvalue weighted by Crippen LogP contribution is 2.31. The molecule has 2 aromatic heterocycles. The van der Waals surface area contributed by atoms with Crippen molar-refractivity contribution in [1.82, 2.24) is 9.97 Å². The van der Waals surface area contributed by atoms with Crippen molar-refractivity contribution < 1.29 is 13.6 Å². The first-order valence-electron chi connectivity index (χ1n) is 9.00. The van der Waals surface area contributed by atoms with Crippen LogP contribution in [-0.4, -0.2) is 24.6 Å². The van der Waals surface area contributed by atoms with Crippen molar-refractivity contribution in [2.45, 2.75) is 6.92 Å². The molecule has 4 aromatic rings. The van der Waals surface area contributed by atoms with Crippen LogP contribution in [0, 0.1) is 6.92 Å². The first-order chi connectivity index (χ1) is 14.5. The number of benzene rings is 2. The molecule has 1 amide bonds. The van der Waals surface area contributed by atoms with Crippen LogP contribution in [0.5, 0.6) is 0 Å². The number of nitrogens with zero attached hydrogens (tertiary/aromatic N) is 2. The van der Waals surface area contributed by atoms with Gasteiger partial charge in [-0.05, 0) is 43.3 Å².